The molecule has 89 heavy (non-hydrogen) atoms. The van der Waals surface area contributed by atoms with Crippen molar-refractivity contribution in [2.24, 2.45) is 30.7 Å². The lowest BCUT2D eigenvalue weighted by atomic mass is 10.1. The van der Waals surface area contributed by atoms with Crippen molar-refractivity contribution >= 4 is 178 Å². The number of benzene rings is 5. The largest absolute Gasteiger partial charge is 0.493 e. The number of imidazole rings is 1. The number of nitrogens with one attached hydrogen (secondary N) is 2. The Bertz CT molecular complexity index is 5220. The molecule has 3 aromatic heterocycles. The molecular formula is C47H42N12O22S8. The van der Waals surface area contributed by atoms with Crippen molar-refractivity contribution in [1.82, 2.24) is 14.4 Å². The Hall–Kier alpha value is -8.16. The second-order valence-electron chi connectivity index (χ2n) is 18.7. The van der Waals surface area contributed by atoms with E-state index in [-0.39, 0.29) is 90.2 Å². The quantitative estimate of drug-likeness (QED) is 0.0133. The number of aromatic hydroxyl groups is 1. The Balaban J connectivity index is 1.26. The Kier molecular flexibility index (Phi) is 18.8. The third-order valence-electron chi connectivity index (χ3n) is 12.2. The number of carbonyl (C=O) groups excluding carboxylic acids is 2. The normalized spacial score (nSPS) is 13.0. The number of pyridine rings is 1. The Morgan fingerprint density at radius 2 is 1.29 bits per heavy atom. The van der Waals surface area contributed by atoms with Gasteiger partial charge >= 0.3 is 0 Å². The maximum atomic E-state index is 12.9. The van der Waals surface area contributed by atoms with Gasteiger partial charge in [-0.15, -0.1) is 37.3 Å². The van der Waals surface area contributed by atoms with Gasteiger partial charge in [0.15, 0.2) is 11.3 Å². The monoisotopic (exact) mass is 1380 g/mol. The second kappa shape index (κ2) is 25.0. The zero-order valence-electron chi connectivity index (χ0n) is 45.4. The van der Waals surface area contributed by atoms with Crippen LogP contribution in [-0.4, -0.2) is 133 Å². The van der Waals surface area contributed by atoms with Crippen LogP contribution in [-0.2, 0) is 70.3 Å². The number of ether oxygens (including phenoxy) is 1. The van der Waals surface area contributed by atoms with Crippen LogP contribution >= 0.6 is 23.1 Å². The number of anilines is 2. The lowest BCUT2D eigenvalue weighted by Crippen LogP contribution is -2.11. The number of hydrogen-bond donors (Lipinski definition) is 9. The van der Waals surface area contributed by atoms with E-state index in [1.807, 2.05) is 6.07 Å². The molecule has 0 spiro atoms. The molecule has 0 fully saturated rings. The summed E-state index contributed by atoms with van der Waals surface area (Å²) in [6.45, 7) is 4.61. The van der Waals surface area contributed by atoms with Gasteiger partial charge in [0.05, 0.1) is 55.8 Å². The van der Waals surface area contributed by atoms with E-state index in [1.54, 1.807) is 0 Å². The molecule has 470 valence electrons. The summed E-state index contributed by atoms with van der Waals surface area (Å²) in [5.74, 6) is -4.00. The maximum Gasteiger partial charge on any atom is 0.298 e. The molecule has 0 bridgehead atoms. The van der Waals surface area contributed by atoms with Crippen molar-refractivity contribution in [1.29, 1.82) is 5.26 Å². The Labute approximate surface area is 511 Å². The van der Waals surface area contributed by atoms with Crippen LogP contribution in [0, 0.1) is 25.2 Å². The predicted molar refractivity (Wildman–Crippen MR) is 317 cm³/mol. The van der Waals surface area contributed by atoms with Crippen LogP contribution in [0.1, 0.15) is 43.4 Å². The van der Waals surface area contributed by atoms with E-state index in [9.17, 15) is 97.8 Å². The van der Waals surface area contributed by atoms with Crippen molar-refractivity contribution in [3.8, 4) is 17.7 Å². The van der Waals surface area contributed by atoms with Gasteiger partial charge in [-0.1, -0.05) is 11.3 Å². The first-order chi connectivity index (χ1) is 41.2. The van der Waals surface area contributed by atoms with Crippen molar-refractivity contribution in [3.05, 3.63) is 71.3 Å². The number of nitrogens with zero attached hydrogens (tertiary/aromatic N) is 10. The average Bonchev–Trinajstić information content (AvgIpc) is 1.65. The highest BCUT2D eigenvalue weighted by atomic mass is 32.2. The van der Waals surface area contributed by atoms with E-state index in [0.717, 1.165) is 42.1 Å². The zero-order chi connectivity index (χ0) is 65.7. The van der Waals surface area contributed by atoms with Gasteiger partial charge in [0, 0.05) is 41.1 Å². The topological polar surface area (TPSA) is 542 Å². The van der Waals surface area contributed by atoms with Gasteiger partial charge in [0.25, 0.3) is 60.7 Å². The molecule has 0 aliphatic rings. The molecule has 0 aliphatic heterocycles. The molecule has 3 heterocycles. The molecule has 0 saturated carbocycles. The van der Waals surface area contributed by atoms with Crippen molar-refractivity contribution in [2.45, 2.75) is 65.0 Å². The summed E-state index contributed by atoms with van der Waals surface area (Å²) in [7, 11) is -30.0. The van der Waals surface area contributed by atoms with Gasteiger partial charge in [-0.05, 0) is 86.5 Å². The van der Waals surface area contributed by atoms with Crippen molar-refractivity contribution < 1.29 is 97.3 Å². The summed E-state index contributed by atoms with van der Waals surface area (Å²) in [6.07, 6.45) is -0.448. The molecule has 0 atom stereocenters. The van der Waals surface area contributed by atoms with Gasteiger partial charge in [0.1, 0.15) is 54.6 Å². The van der Waals surface area contributed by atoms with Gasteiger partial charge in [0.2, 0.25) is 22.8 Å². The minimum absolute atomic E-state index is 0.00856. The van der Waals surface area contributed by atoms with Crippen LogP contribution in [0.2, 0.25) is 0 Å². The van der Waals surface area contributed by atoms with E-state index in [4.69, 9.17) is 4.74 Å². The number of fused-ring (bicyclic) bond motifs is 6. The Morgan fingerprint density at radius 3 is 1.90 bits per heavy atom. The molecule has 0 saturated heterocycles. The van der Waals surface area contributed by atoms with Gasteiger partial charge in [-0.25, -0.2) is 9.97 Å². The number of aryl methyl sites for hydroxylation is 1. The number of thioether (sulfide) groups is 1. The minimum Gasteiger partial charge on any atom is -0.493 e. The summed E-state index contributed by atoms with van der Waals surface area (Å²) >= 11 is 1.38. The fraction of sp³-hybridized carbons (Fsp3) is 0.213. The fourth-order valence-electron chi connectivity index (χ4n) is 8.51. The SMILES string of the molecule is CC(=O)Nc1cc(N=Nc2cc(OCCCS(=O)(=O)O)c(N=Nc3c(C)c(C#N)c4nc5ccc(NC(C)=O)c(S(=O)(=O)O)c5n4c3O)cc2C)c(SCCCS(=O)(=O)O)cc1N=Nc1nc2c(S(=O)(=O)O)cc3c(S(=O)(=O)O)cc(S(=O)(=O)O)cc3c2s1. The highest BCUT2D eigenvalue weighted by Crippen LogP contribution is 2.46. The van der Waals surface area contributed by atoms with E-state index in [0.29, 0.717) is 23.5 Å². The first-order valence-corrected chi connectivity index (χ1v) is 35.2. The average molecular weight is 1380 g/mol. The molecule has 9 N–H and O–H groups in total. The van der Waals surface area contributed by atoms with Crippen LogP contribution in [0.15, 0.2) is 110 Å². The standard InChI is InChI=1S/C47H42N12O22S8/c1-21-13-34(55-57-40-22(2)28(20-48)45-51-29-7-8-30(49-23(3)60)44(89(78,79)80)42(29)59(45)46(40)62)36(81-9-5-11-84(63,64)65)18-31(21)53-56-35-17-32(50-24(4)61)33(19-37(35)82-10-6-12-85(66,67)68)54-58-47-52-41-39(88(75,76)77)16-26-27(43(41)83-47)14-25(86(69,70)71)15-38(26)87(72,73)74/h7-8,13-19,62H,5-6,9-12H2,1-4H3,(H,49,60)(H,50,61)(H,63,64,65)(H,66,67,68)(H,69,70,71)(H,72,73,74)(H,75,76,77)(H,78,79,80). The molecule has 8 rings (SSSR count). The van der Waals surface area contributed by atoms with Crippen molar-refractivity contribution in [3.63, 3.8) is 0 Å². The smallest absolute Gasteiger partial charge is 0.298 e. The third-order valence-corrected chi connectivity index (χ3v) is 19.4. The maximum absolute atomic E-state index is 12.9. The lowest BCUT2D eigenvalue weighted by Gasteiger charge is -2.13. The van der Waals surface area contributed by atoms with Crippen LogP contribution < -0.4 is 15.4 Å². The summed E-state index contributed by atoms with van der Waals surface area (Å²) in [5, 5.41) is 50.9. The number of nitriles is 1. The van der Waals surface area contributed by atoms with E-state index < -0.39 is 154 Å². The first kappa shape index (κ1) is 66.8. The number of hydrogen-bond acceptors (Lipinski definition) is 27. The van der Waals surface area contributed by atoms with Gasteiger partial charge in [-0.2, -0.15) is 60.9 Å². The number of carbonyl (C=O) groups is 2. The molecule has 5 aromatic carbocycles. The molecule has 0 radical (unpaired) electrons. The summed E-state index contributed by atoms with van der Waals surface area (Å²) in [5.41, 5.74) is -3.05. The number of aromatic nitrogens is 3. The third kappa shape index (κ3) is 15.3. The number of azo groups is 3. The first-order valence-electron chi connectivity index (χ1n) is 24.4. The Morgan fingerprint density at radius 1 is 0.674 bits per heavy atom. The molecule has 2 amide bonds. The molecule has 8 aromatic rings. The molecule has 34 nitrogen and oxygen atoms in total. The molecular weight excluding hydrogens is 1340 g/mol. The van der Waals surface area contributed by atoms with E-state index in [2.05, 4.69) is 51.3 Å². The second-order valence-corrected chi connectivity index (χ2v) is 29.5. The highest BCUT2D eigenvalue weighted by Gasteiger charge is 2.30. The highest BCUT2D eigenvalue weighted by molar-refractivity contribution is 7.99. The molecule has 42 heteroatoms. The van der Waals surface area contributed by atoms with Gasteiger partial charge in [-0.3, -0.25) is 41.3 Å². The number of thiazole rings is 1. The zero-order valence-corrected chi connectivity index (χ0v) is 52.0. The van der Waals surface area contributed by atoms with Crippen molar-refractivity contribution in [2.75, 3.05) is 34.5 Å². The van der Waals surface area contributed by atoms with E-state index in [1.165, 1.54) is 44.2 Å². The summed E-state index contributed by atoms with van der Waals surface area (Å²) in [4.78, 5) is 29.1. The summed E-state index contributed by atoms with van der Waals surface area (Å²) < 4.78 is 213. The number of amides is 2. The lowest BCUT2D eigenvalue weighted by molar-refractivity contribution is -0.115. The van der Waals surface area contributed by atoms with Gasteiger partial charge < -0.3 is 20.5 Å². The van der Waals surface area contributed by atoms with Crippen LogP contribution in [0.25, 0.3) is 37.7 Å². The molecule has 0 aliphatic carbocycles. The number of rotatable bonds is 22. The predicted octanol–water partition coefficient (Wildman–Crippen LogP) is 8.62. The minimum atomic E-state index is -5.37. The van der Waals surface area contributed by atoms with Crippen LogP contribution in [0.4, 0.5) is 44.9 Å². The summed E-state index contributed by atoms with van der Waals surface area (Å²) in [6, 6.07) is 11.0. The van der Waals surface area contributed by atoms with E-state index >= 15 is 0 Å². The molecule has 0 unspecified atom stereocenters. The van der Waals surface area contributed by atoms with Crippen LogP contribution in [0.3, 0.4) is 0 Å². The van der Waals surface area contributed by atoms with Crippen LogP contribution in [0.5, 0.6) is 11.6 Å². The fourth-order valence-corrected chi connectivity index (χ4v) is 14.5.